The van der Waals surface area contributed by atoms with Gasteiger partial charge in [-0.1, -0.05) is 0 Å². The van der Waals surface area contributed by atoms with Crippen LogP contribution in [0.1, 0.15) is 15.9 Å². The van der Waals surface area contributed by atoms with E-state index in [0.717, 1.165) is 19.2 Å². The molecule has 1 rings (SSSR count). The van der Waals surface area contributed by atoms with E-state index < -0.39 is 39.2 Å². The third kappa shape index (κ3) is 4.06. The second-order valence-corrected chi connectivity index (χ2v) is 3.87. The Morgan fingerprint density at radius 2 is 1.94 bits per heavy atom. The Labute approximate surface area is 125 Å². The minimum atomic E-state index is -4.83. The number of alkyl halides is 3. The molecule has 9 heteroatoms. The number of carbonyl (C=O) groups is 1. The molecule has 0 bridgehead atoms. The zero-order valence-electron chi connectivity index (χ0n) is 9.41. The van der Waals surface area contributed by atoms with Crippen molar-refractivity contribution in [2.75, 3.05) is 7.11 Å². The summed E-state index contributed by atoms with van der Waals surface area (Å²) < 4.78 is 63.0. The molecular formula is C9H6F3NaO4S. The Balaban J connectivity index is 0.00000289. The third-order valence-electron chi connectivity index (χ3n) is 1.89. The first-order valence-electron chi connectivity index (χ1n) is 4.16. The number of carbonyl (C=O) groups excluding carboxylic acids is 1. The largest absolute Gasteiger partial charge is 1.00 e. The number of benzene rings is 1. The van der Waals surface area contributed by atoms with Crippen molar-refractivity contribution >= 4 is 17.0 Å². The molecule has 4 nitrogen and oxygen atoms in total. The van der Waals surface area contributed by atoms with Gasteiger partial charge in [0.1, 0.15) is 0 Å². The van der Waals surface area contributed by atoms with Crippen LogP contribution in [0, 0.1) is 0 Å². The van der Waals surface area contributed by atoms with Gasteiger partial charge >= 0.3 is 41.7 Å². The molecule has 0 saturated heterocycles. The van der Waals surface area contributed by atoms with Crippen LogP contribution in [0.4, 0.5) is 13.2 Å². The molecule has 0 aliphatic carbocycles. The van der Waals surface area contributed by atoms with Crippen LogP contribution in [-0.2, 0) is 22.0 Å². The summed E-state index contributed by atoms with van der Waals surface area (Å²) in [5.41, 5.74) is -2.07. The maximum absolute atomic E-state index is 12.6. The number of rotatable bonds is 2. The second kappa shape index (κ2) is 6.67. The monoisotopic (exact) mass is 290 g/mol. The van der Waals surface area contributed by atoms with Crippen molar-refractivity contribution in [3.63, 3.8) is 0 Å². The molecule has 94 valence electrons. The van der Waals surface area contributed by atoms with E-state index in [9.17, 15) is 26.7 Å². The number of esters is 1. The van der Waals surface area contributed by atoms with Gasteiger partial charge in [0.15, 0.2) is 0 Å². The molecule has 1 unspecified atom stereocenters. The summed E-state index contributed by atoms with van der Waals surface area (Å²) in [6.07, 6.45) is -4.83. The quantitative estimate of drug-likeness (QED) is 0.387. The van der Waals surface area contributed by atoms with Crippen LogP contribution in [0.3, 0.4) is 0 Å². The van der Waals surface area contributed by atoms with Crippen LogP contribution in [0.2, 0.25) is 0 Å². The van der Waals surface area contributed by atoms with Crippen molar-refractivity contribution in [1.29, 1.82) is 0 Å². The summed E-state index contributed by atoms with van der Waals surface area (Å²) >= 11 is -2.80. The predicted molar refractivity (Wildman–Crippen MR) is 50.0 cm³/mol. The number of methoxy groups -OCH3 is 1. The fourth-order valence-corrected chi connectivity index (χ4v) is 1.54. The SMILES string of the molecule is COC(=O)c1ccc(S(=O)[O-])cc1C(F)(F)F.[Na+]. The molecular weight excluding hydrogens is 284 g/mol. The smallest absolute Gasteiger partial charge is 0.768 e. The summed E-state index contributed by atoms with van der Waals surface area (Å²) in [4.78, 5) is 10.5. The average Bonchev–Trinajstić information content (AvgIpc) is 2.26. The van der Waals surface area contributed by atoms with Crippen LogP contribution in [-0.4, -0.2) is 21.8 Å². The van der Waals surface area contributed by atoms with E-state index in [1.807, 2.05) is 0 Å². The Morgan fingerprint density at radius 1 is 1.39 bits per heavy atom. The number of hydrogen-bond donors (Lipinski definition) is 0. The summed E-state index contributed by atoms with van der Waals surface area (Å²) in [7, 11) is 0.933. The summed E-state index contributed by atoms with van der Waals surface area (Å²) in [5.74, 6) is -1.18. The van der Waals surface area contributed by atoms with Gasteiger partial charge in [-0.05, 0) is 29.3 Å². The molecule has 0 spiro atoms. The Kier molecular flexibility index (Phi) is 6.52. The molecule has 0 saturated carbocycles. The van der Waals surface area contributed by atoms with Crippen LogP contribution in [0.15, 0.2) is 23.1 Å². The van der Waals surface area contributed by atoms with Gasteiger partial charge in [0.2, 0.25) is 0 Å². The van der Waals surface area contributed by atoms with Gasteiger partial charge in [-0.25, -0.2) is 4.79 Å². The Bertz CT molecular complexity index is 475. The first-order chi connectivity index (χ1) is 7.77. The van der Waals surface area contributed by atoms with Gasteiger partial charge in [-0.2, -0.15) is 13.2 Å². The molecule has 0 N–H and O–H groups in total. The van der Waals surface area contributed by atoms with Crippen molar-refractivity contribution in [1.82, 2.24) is 0 Å². The standard InChI is InChI=1S/C9H7F3O4S.Na/c1-16-8(13)6-3-2-5(17(14)15)4-7(6)9(10,11)12;/h2-4H,1H3,(H,14,15);/q;+1/p-1. The Hall–Kier alpha value is -0.410. The van der Waals surface area contributed by atoms with Gasteiger partial charge in [-0.15, -0.1) is 0 Å². The normalized spacial score (nSPS) is 12.5. The number of hydrogen-bond acceptors (Lipinski definition) is 4. The van der Waals surface area contributed by atoms with Gasteiger partial charge < -0.3 is 9.29 Å². The third-order valence-corrected chi connectivity index (χ3v) is 2.53. The van der Waals surface area contributed by atoms with Crippen molar-refractivity contribution in [2.45, 2.75) is 11.1 Å². The average molecular weight is 290 g/mol. The number of ether oxygens (including phenoxy) is 1. The fourth-order valence-electron chi connectivity index (χ4n) is 1.15. The molecule has 1 aromatic carbocycles. The van der Waals surface area contributed by atoms with Crippen LogP contribution >= 0.6 is 0 Å². The summed E-state index contributed by atoms with van der Waals surface area (Å²) in [5, 5.41) is 0. The molecule has 18 heavy (non-hydrogen) atoms. The molecule has 1 atom stereocenters. The maximum atomic E-state index is 12.6. The zero-order valence-corrected chi connectivity index (χ0v) is 12.2. The van der Waals surface area contributed by atoms with Gasteiger partial charge in [0.25, 0.3) is 0 Å². The van der Waals surface area contributed by atoms with E-state index in [0.29, 0.717) is 6.07 Å². The van der Waals surface area contributed by atoms with E-state index >= 15 is 0 Å². The molecule has 1 aromatic rings. The first kappa shape index (κ1) is 17.6. The van der Waals surface area contributed by atoms with Crippen LogP contribution in [0.25, 0.3) is 0 Å². The molecule has 0 aromatic heterocycles. The zero-order chi connectivity index (χ0) is 13.2. The molecule has 0 aliphatic heterocycles. The van der Waals surface area contributed by atoms with Crippen LogP contribution in [0.5, 0.6) is 0 Å². The maximum Gasteiger partial charge on any atom is 1.00 e. The van der Waals surface area contributed by atoms with Crippen LogP contribution < -0.4 is 29.6 Å². The van der Waals surface area contributed by atoms with Gasteiger partial charge in [0.05, 0.1) is 18.2 Å². The molecule has 0 amide bonds. The minimum absolute atomic E-state index is 0. The number of halogens is 3. The van der Waals surface area contributed by atoms with E-state index in [1.54, 1.807) is 0 Å². The van der Waals surface area contributed by atoms with Gasteiger partial charge in [0, 0.05) is 4.90 Å². The first-order valence-corrected chi connectivity index (χ1v) is 5.23. The van der Waals surface area contributed by atoms with Crippen molar-refractivity contribution in [2.24, 2.45) is 0 Å². The van der Waals surface area contributed by atoms with E-state index in [2.05, 4.69) is 4.74 Å². The van der Waals surface area contributed by atoms with E-state index in [1.165, 1.54) is 0 Å². The van der Waals surface area contributed by atoms with E-state index in [4.69, 9.17) is 0 Å². The van der Waals surface area contributed by atoms with Crippen molar-refractivity contribution < 1.29 is 61.0 Å². The molecule has 0 radical (unpaired) electrons. The molecule has 0 aliphatic rings. The second-order valence-electron chi connectivity index (χ2n) is 2.93. The Morgan fingerprint density at radius 3 is 2.33 bits per heavy atom. The van der Waals surface area contributed by atoms with Crippen molar-refractivity contribution in [3.8, 4) is 0 Å². The predicted octanol–water partition coefficient (Wildman–Crippen LogP) is -1.27. The fraction of sp³-hybridized carbons (Fsp3) is 0.222. The van der Waals surface area contributed by atoms with E-state index in [-0.39, 0.29) is 29.6 Å². The molecule has 0 heterocycles. The van der Waals surface area contributed by atoms with Gasteiger partial charge in [-0.3, -0.25) is 4.21 Å². The van der Waals surface area contributed by atoms with Crippen molar-refractivity contribution in [3.05, 3.63) is 29.3 Å². The molecule has 0 fully saturated rings. The minimum Gasteiger partial charge on any atom is -0.768 e. The summed E-state index contributed by atoms with van der Waals surface area (Å²) in [6, 6.07) is 2.04. The summed E-state index contributed by atoms with van der Waals surface area (Å²) in [6.45, 7) is 0. The topological polar surface area (TPSA) is 66.4 Å².